The van der Waals surface area contributed by atoms with Crippen LogP contribution in [0.3, 0.4) is 0 Å². The first kappa shape index (κ1) is 44.8. The number of rotatable bonds is 13. The number of ether oxygens (including phenoxy) is 2. The third-order valence-corrected chi connectivity index (χ3v) is 12.6. The second-order valence-electron chi connectivity index (χ2n) is 19.3. The molecule has 0 saturated carbocycles. The van der Waals surface area contributed by atoms with Crippen molar-refractivity contribution >= 4 is 21.8 Å². The van der Waals surface area contributed by atoms with E-state index in [1.54, 1.807) is 0 Å². The van der Waals surface area contributed by atoms with Crippen molar-refractivity contribution in [3.8, 4) is 73.7 Å². The molecule has 0 spiro atoms. The Morgan fingerprint density at radius 1 is 0.435 bits per heavy atom. The molecule has 4 aromatic heterocycles. The van der Waals surface area contributed by atoms with E-state index in [-0.39, 0.29) is 0 Å². The van der Waals surface area contributed by atoms with E-state index < -0.39 is 0 Å². The third kappa shape index (κ3) is 9.74. The Morgan fingerprint density at radius 3 is 1.28 bits per heavy atom. The van der Waals surface area contributed by atoms with Crippen LogP contribution >= 0.6 is 0 Å². The van der Waals surface area contributed by atoms with Crippen molar-refractivity contribution in [2.24, 2.45) is 11.8 Å². The minimum Gasteiger partial charge on any atom is -0.457 e. The predicted octanol–water partition coefficient (Wildman–Crippen LogP) is 15.6. The molecule has 6 aromatic carbocycles. The normalized spacial score (nSPS) is 11.6. The maximum Gasteiger partial charge on any atom is 0.237 e. The monoisotopic (exact) mass is 904 g/mol. The van der Waals surface area contributed by atoms with Gasteiger partial charge in [0.15, 0.2) is 0 Å². The van der Waals surface area contributed by atoms with Crippen LogP contribution in [-0.4, -0.2) is 29.5 Å². The number of pyridine rings is 2. The summed E-state index contributed by atoms with van der Waals surface area (Å²) in [7, 11) is 0. The molecule has 0 fully saturated rings. The van der Waals surface area contributed by atoms with E-state index in [0.29, 0.717) is 29.3 Å². The van der Waals surface area contributed by atoms with E-state index in [2.05, 4.69) is 180 Å². The first-order chi connectivity index (χ1) is 33.4. The molecule has 10 aromatic rings. The average molecular weight is 905 g/mol. The van der Waals surface area contributed by atoms with Crippen LogP contribution in [0, 0.1) is 39.5 Å². The second kappa shape index (κ2) is 19.0. The molecule has 0 saturated heterocycles. The molecule has 8 heteroatoms. The van der Waals surface area contributed by atoms with Crippen molar-refractivity contribution < 1.29 is 9.47 Å². The summed E-state index contributed by atoms with van der Waals surface area (Å²) in [6.07, 6.45) is 9.15. The Labute approximate surface area is 404 Å². The van der Waals surface area contributed by atoms with Gasteiger partial charge < -0.3 is 9.47 Å². The number of benzene rings is 6. The number of aromatic nitrogens is 6. The SMILES string of the molecule is Cc1cc(Oc2ccc3c4ccc(Oc5cc(C)cc(-c6cc(C)c(-c7ccc(CC(C)C)cc7)cn6)c5)cc4n(-c4ncncn4)c3c2)cc(-c2cc(C)c(-c3ccc(CC(C)C)cc3)cn2)c1. The summed E-state index contributed by atoms with van der Waals surface area (Å²) in [6, 6.07) is 46.9. The Morgan fingerprint density at radius 2 is 0.870 bits per heavy atom. The van der Waals surface area contributed by atoms with E-state index in [9.17, 15) is 0 Å². The van der Waals surface area contributed by atoms with Crippen LogP contribution in [0.5, 0.6) is 23.0 Å². The minimum atomic E-state index is 0.489. The molecule has 0 atom stereocenters. The van der Waals surface area contributed by atoms with Gasteiger partial charge in [-0.15, -0.1) is 0 Å². The zero-order chi connectivity index (χ0) is 47.8. The van der Waals surface area contributed by atoms with Crippen LogP contribution in [0.15, 0.2) is 159 Å². The summed E-state index contributed by atoms with van der Waals surface area (Å²) in [5.74, 6) is 4.53. The molecule has 8 nitrogen and oxygen atoms in total. The average Bonchev–Trinajstić information content (AvgIpc) is 3.64. The van der Waals surface area contributed by atoms with E-state index in [0.717, 1.165) is 90.9 Å². The summed E-state index contributed by atoms with van der Waals surface area (Å²) in [4.78, 5) is 23.2. The van der Waals surface area contributed by atoms with E-state index >= 15 is 0 Å². The van der Waals surface area contributed by atoms with Crippen LogP contribution < -0.4 is 9.47 Å². The molecule has 0 N–H and O–H groups in total. The molecule has 10 rings (SSSR count). The minimum absolute atomic E-state index is 0.489. The molecule has 0 radical (unpaired) electrons. The predicted molar refractivity (Wildman–Crippen MR) is 281 cm³/mol. The molecular formula is C61H56N6O2. The van der Waals surface area contributed by atoms with Gasteiger partial charge in [-0.05, 0) is 170 Å². The van der Waals surface area contributed by atoms with Gasteiger partial charge in [0, 0.05) is 57.6 Å². The maximum absolute atomic E-state index is 6.67. The Hall–Kier alpha value is -7.97. The number of hydrogen-bond acceptors (Lipinski definition) is 7. The molecule has 342 valence electrons. The van der Waals surface area contributed by atoms with E-state index in [4.69, 9.17) is 19.4 Å². The summed E-state index contributed by atoms with van der Waals surface area (Å²) in [5.41, 5.74) is 17.3. The zero-order valence-corrected chi connectivity index (χ0v) is 40.6. The van der Waals surface area contributed by atoms with Crippen molar-refractivity contribution in [1.29, 1.82) is 0 Å². The van der Waals surface area contributed by atoms with E-state index in [1.165, 1.54) is 46.0 Å². The van der Waals surface area contributed by atoms with Crippen molar-refractivity contribution in [3.05, 3.63) is 192 Å². The molecule has 0 aliphatic carbocycles. The van der Waals surface area contributed by atoms with Crippen molar-refractivity contribution in [2.75, 3.05) is 0 Å². The lowest BCUT2D eigenvalue weighted by Gasteiger charge is -2.13. The van der Waals surface area contributed by atoms with Gasteiger partial charge >= 0.3 is 0 Å². The first-order valence-corrected chi connectivity index (χ1v) is 23.8. The topological polar surface area (TPSA) is 87.8 Å². The number of aryl methyl sites for hydroxylation is 4. The van der Waals surface area contributed by atoms with Crippen molar-refractivity contribution in [2.45, 2.75) is 68.2 Å². The molecule has 4 heterocycles. The number of nitrogens with zero attached hydrogens (tertiary/aromatic N) is 6. The molecule has 0 unspecified atom stereocenters. The fraction of sp³-hybridized carbons (Fsp3) is 0.197. The lowest BCUT2D eigenvalue weighted by molar-refractivity contribution is 0.483. The molecule has 0 bridgehead atoms. The van der Waals surface area contributed by atoms with Gasteiger partial charge in [-0.2, -0.15) is 0 Å². The van der Waals surface area contributed by atoms with Gasteiger partial charge in [-0.3, -0.25) is 14.5 Å². The highest BCUT2D eigenvalue weighted by Crippen LogP contribution is 2.39. The van der Waals surface area contributed by atoms with Gasteiger partial charge in [0.25, 0.3) is 0 Å². The highest BCUT2D eigenvalue weighted by Gasteiger charge is 2.18. The van der Waals surface area contributed by atoms with Crippen molar-refractivity contribution in [1.82, 2.24) is 29.5 Å². The molecule has 0 aliphatic rings. The van der Waals surface area contributed by atoms with Crippen molar-refractivity contribution in [3.63, 3.8) is 0 Å². The number of hydrogen-bond donors (Lipinski definition) is 0. The van der Waals surface area contributed by atoms with Crippen LogP contribution in [0.1, 0.15) is 61.1 Å². The molecule has 0 aliphatic heterocycles. The third-order valence-electron chi connectivity index (χ3n) is 12.6. The molecular weight excluding hydrogens is 849 g/mol. The molecule has 0 amide bonds. The highest BCUT2D eigenvalue weighted by atomic mass is 16.5. The lowest BCUT2D eigenvalue weighted by Crippen LogP contribution is -2.01. The smallest absolute Gasteiger partial charge is 0.237 e. The summed E-state index contributed by atoms with van der Waals surface area (Å²) in [6.45, 7) is 17.5. The van der Waals surface area contributed by atoms with Gasteiger partial charge in [-0.1, -0.05) is 76.2 Å². The fourth-order valence-corrected chi connectivity index (χ4v) is 9.47. The van der Waals surface area contributed by atoms with E-state index in [1.807, 2.05) is 41.2 Å². The Balaban J connectivity index is 0.931. The van der Waals surface area contributed by atoms with Crippen LogP contribution in [0.2, 0.25) is 0 Å². The first-order valence-electron chi connectivity index (χ1n) is 23.8. The Bertz CT molecular complexity index is 3270. The fourth-order valence-electron chi connectivity index (χ4n) is 9.47. The Kier molecular flexibility index (Phi) is 12.3. The quantitative estimate of drug-likeness (QED) is 0.114. The summed E-state index contributed by atoms with van der Waals surface area (Å²) in [5, 5.41) is 2.05. The maximum atomic E-state index is 6.67. The largest absolute Gasteiger partial charge is 0.457 e. The lowest BCUT2D eigenvalue weighted by atomic mass is 9.97. The zero-order valence-electron chi connectivity index (χ0n) is 40.6. The standard InChI is InChI=1S/C61H56N6O2/c1-37(2)21-43-9-13-45(14-10-43)55-33-63-57(27-41(55)7)47-23-39(5)25-51(29-47)68-49-17-19-53-54-20-18-50(32-60(54)67(59(53)31-49)61-65-35-62-36-66-61)69-52-26-40(6)24-48(30-52)58-28-42(8)56(34-64-58)46-15-11-44(12-16-46)22-38(3)4/h9-20,23-38H,21-22H2,1-8H3. The second-order valence-corrected chi connectivity index (χ2v) is 19.3. The van der Waals surface area contributed by atoms with Gasteiger partial charge in [-0.25, -0.2) is 15.0 Å². The highest BCUT2D eigenvalue weighted by molar-refractivity contribution is 6.09. The van der Waals surface area contributed by atoms with Gasteiger partial charge in [0.05, 0.1) is 22.4 Å². The van der Waals surface area contributed by atoms with Crippen LogP contribution in [0.25, 0.3) is 72.5 Å². The number of fused-ring (bicyclic) bond motifs is 3. The van der Waals surface area contributed by atoms with Gasteiger partial charge in [0.1, 0.15) is 35.7 Å². The molecule has 69 heavy (non-hydrogen) atoms. The van der Waals surface area contributed by atoms with Gasteiger partial charge in [0.2, 0.25) is 5.95 Å². The summed E-state index contributed by atoms with van der Waals surface area (Å²) < 4.78 is 15.4. The van der Waals surface area contributed by atoms with Crippen LogP contribution in [0.4, 0.5) is 0 Å². The summed E-state index contributed by atoms with van der Waals surface area (Å²) >= 11 is 0. The van der Waals surface area contributed by atoms with Crippen LogP contribution in [-0.2, 0) is 12.8 Å².